The zero-order chi connectivity index (χ0) is 16.4. The summed E-state index contributed by atoms with van der Waals surface area (Å²) in [6.07, 6.45) is 0.745. The van der Waals surface area contributed by atoms with Crippen LogP contribution in [0.15, 0.2) is 42.5 Å². The quantitative estimate of drug-likeness (QED) is 0.674. The van der Waals surface area contributed by atoms with Crippen LogP contribution in [0.25, 0.3) is 10.9 Å². The molecular formula is C19H16ClN3O. The fourth-order valence-corrected chi connectivity index (χ4v) is 4.38. The fraction of sp³-hybridized carbons (Fsp3) is 0.211. The van der Waals surface area contributed by atoms with Crippen molar-refractivity contribution in [3.63, 3.8) is 0 Å². The van der Waals surface area contributed by atoms with E-state index in [1.54, 1.807) is 6.07 Å². The van der Waals surface area contributed by atoms with Gasteiger partial charge in [-0.25, -0.2) is 0 Å². The van der Waals surface area contributed by atoms with E-state index in [0.717, 1.165) is 23.3 Å². The Bertz CT molecular complexity index is 993. The largest absolute Gasteiger partial charge is 0.355 e. The topological polar surface area (TPSA) is 39.3 Å². The maximum atomic E-state index is 13.0. The van der Waals surface area contributed by atoms with Crippen LogP contribution in [0.3, 0.4) is 0 Å². The number of anilines is 1. The molecule has 5 heteroatoms. The lowest BCUT2D eigenvalue weighted by Gasteiger charge is -2.46. The van der Waals surface area contributed by atoms with Crippen molar-refractivity contribution in [3.05, 3.63) is 64.3 Å². The molecule has 2 aromatic carbocycles. The van der Waals surface area contributed by atoms with E-state index in [9.17, 15) is 4.79 Å². The monoisotopic (exact) mass is 337 g/mol. The average Bonchev–Trinajstić information content (AvgIpc) is 2.97. The SMILES string of the molecule is CN1c2cccc(Cl)c2C(=O)N2CCc3c([nH]c4ccccc34)C21. The lowest BCUT2D eigenvalue weighted by atomic mass is 9.96. The molecule has 5 rings (SSSR count). The van der Waals surface area contributed by atoms with Crippen molar-refractivity contribution in [1.82, 2.24) is 9.88 Å². The van der Waals surface area contributed by atoms with E-state index in [1.165, 1.54) is 10.9 Å². The Labute approximate surface area is 144 Å². The molecule has 0 aliphatic carbocycles. The van der Waals surface area contributed by atoms with Gasteiger partial charge in [0, 0.05) is 24.5 Å². The molecule has 0 saturated heterocycles. The summed E-state index contributed by atoms with van der Waals surface area (Å²) in [6.45, 7) is 0.702. The van der Waals surface area contributed by atoms with Crippen LogP contribution in [0.5, 0.6) is 0 Å². The van der Waals surface area contributed by atoms with Crippen molar-refractivity contribution in [1.29, 1.82) is 0 Å². The molecule has 4 nitrogen and oxygen atoms in total. The van der Waals surface area contributed by atoms with Crippen LogP contribution >= 0.6 is 11.6 Å². The molecule has 3 aromatic rings. The highest BCUT2D eigenvalue weighted by Crippen LogP contribution is 2.44. The summed E-state index contributed by atoms with van der Waals surface area (Å²) in [5.41, 5.74) is 5.06. The van der Waals surface area contributed by atoms with Gasteiger partial charge in [0.1, 0.15) is 6.17 Å². The number of nitrogens with one attached hydrogen (secondary N) is 1. The molecule has 1 N–H and O–H groups in total. The van der Waals surface area contributed by atoms with Gasteiger partial charge in [0.05, 0.1) is 22.0 Å². The molecule has 24 heavy (non-hydrogen) atoms. The molecular weight excluding hydrogens is 322 g/mol. The predicted octanol–water partition coefficient (Wildman–Crippen LogP) is 3.97. The Balaban J connectivity index is 1.75. The number of aromatic nitrogens is 1. The van der Waals surface area contributed by atoms with Crippen molar-refractivity contribution in [2.45, 2.75) is 12.6 Å². The number of carbonyl (C=O) groups is 1. The van der Waals surface area contributed by atoms with E-state index < -0.39 is 0 Å². The number of hydrogen-bond donors (Lipinski definition) is 1. The van der Waals surface area contributed by atoms with Crippen LogP contribution in [-0.2, 0) is 6.42 Å². The predicted molar refractivity (Wildman–Crippen MR) is 95.6 cm³/mol. The van der Waals surface area contributed by atoms with Gasteiger partial charge >= 0.3 is 0 Å². The molecule has 1 amide bonds. The van der Waals surface area contributed by atoms with Gasteiger partial charge in [-0.2, -0.15) is 0 Å². The van der Waals surface area contributed by atoms with E-state index in [-0.39, 0.29) is 12.1 Å². The zero-order valence-electron chi connectivity index (χ0n) is 13.2. The van der Waals surface area contributed by atoms with Gasteiger partial charge < -0.3 is 14.8 Å². The Kier molecular flexibility index (Phi) is 2.77. The summed E-state index contributed by atoms with van der Waals surface area (Å²) in [6, 6.07) is 14.0. The lowest BCUT2D eigenvalue weighted by Crippen LogP contribution is -2.51. The first-order valence-electron chi connectivity index (χ1n) is 8.08. The molecule has 2 aliphatic rings. The number of benzene rings is 2. The highest BCUT2D eigenvalue weighted by molar-refractivity contribution is 6.34. The number of H-pyrrole nitrogens is 1. The van der Waals surface area contributed by atoms with Crippen LogP contribution in [0.4, 0.5) is 5.69 Å². The first-order chi connectivity index (χ1) is 11.7. The Morgan fingerprint density at radius 3 is 2.88 bits per heavy atom. The summed E-state index contributed by atoms with van der Waals surface area (Å²) in [5, 5.41) is 1.77. The number of para-hydroxylation sites is 1. The summed E-state index contributed by atoms with van der Waals surface area (Å²) in [5.74, 6) is 0.0167. The number of amides is 1. The Hall–Kier alpha value is -2.46. The van der Waals surface area contributed by atoms with Crippen LogP contribution in [0.1, 0.15) is 27.8 Å². The molecule has 120 valence electrons. The first-order valence-corrected chi connectivity index (χ1v) is 8.46. The van der Waals surface area contributed by atoms with Crippen LogP contribution in [0.2, 0.25) is 5.02 Å². The Morgan fingerprint density at radius 1 is 1.17 bits per heavy atom. The molecule has 0 fully saturated rings. The van der Waals surface area contributed by atoms with Crippen molar-refractivity contribution >= 4 is 34.1 Å². The van der Waals surface area contributed by atoms with Gasteiger partial charge in [-0.15, -0.1) is 0 Å². The number of rotatable bonds is 0. The molecule has 3 heterocycles. The van der Waals surface area contributed by atoms with Crippen molar-refractivity contribution in [3.8, 4) is 0 Å². The van der Waals surface area contributed by atoms with Gasteiger partial charge in [0.25, 0.3) is 5.91 Å². The third kappa shape index (κ3) is 1.66. The highest BCUT2D eigenvalue weighted by Gasteiger charge is 2.42. The summed E-state index contributed by atoms with van der Waals surface area (Å²) in [7, 11) is 2.03. The standard InChI is InChI=1S/C19H16ClN3O/c1-22-15-8-4-6-13(20)16(15)19(24)23-10-9-12-11-5-2-3-7-14(11)21-17(12)18(22)23/h2-8,18,21H,9-10H2,1H3. The second kappa shape index (κ2) is 4.77. The lowest BCUT2D eigenvalue weighted by molar-refractivity contribution is 0.0635. The molecule has 1 aromatic heterocycles. The Morgan fingerprint density at radius 2 is 2.00 bits per heavy atom. The van der Waals surface area contributed by atoms with E-state index in [0.29, 0.717) is 17.1 Å². The van der Waals surface area contributed by atoms with Gasteiger partial charge in [-0.3, -0.25) is 4.79 Å². The number of fused-ring (bicyclic) bond motifs is 6. The smallest absolute Gasteiger partial charge is 0.259 e. The third-order valence-electron chi connectivity index (χ3n) is 5.22. The average molecular weight is 338 g/mol. The number of halogens is 1. The van der Waals surface area contributed by atoms with E-state index in [4.69, 9.17) is 11.6 Å². The molecule has 0 radical (unpaired) electrons. The molecule has 0 spiro atoms. The van der Waals surface area contributed by atoms with Gasteiger partial charge in [-0.1, -0.05) is 35.9 Å². The second-order valence-electron chi connectivity index (χ2n) is 6.43. The highest BCUT2D eigenvalue weighted by atomic mass is 35.5. The van der Waals surface area contributed by atoms with Gasteiger partial charge in [0.2, 0.25) is 0 Å². The second-order valence-corrected chi connectivity index (χ2v) is 6.84. The molecule has 0 bridgehead atoms. The summed E-state index contributed by atoms with van der Waals surface area (Å²) in [4.78, 5) is 20.7. The minimum absolute atomic E-state index is 0.0167. The van der Waals surface area contributed by atoms with Crippen LogP contribution < -0.4 is 4.90 Å². The van der Waals surface area contributed by atoms with Gasteiger partial charge in [0.15, 0.2) is 0 Å². The molecule has 1 atom stereocenters. The fourth-order valence-electron chi connectivity index (χ4n) is 4.13. The number of aromatic amines is 1. The molecule has 1 unspecified atom stereocenters. The van der Waals surface area contributed by atoms with E-state index in [2.05, 4.69) is 28.1 Å². The normalized spacial score (nSPS) is 19.2. The van der Waals surface area contributed by atoms with E-state index in [1.807, 2.05) is 30.1 Å². The summed E-state index contributed by atoms with van der Waals surface area (Å²) < 4.78 is 0. The van der Waals surface area contributed by atoms with E-state index >= 15 is 0 Å². The van der Waals surface area contributed by atoms with Crippen molar-refractivity contribution in [2.75, 3.05) is 18.5 Å². The van der Waals surface area contributed by atoms with Crippen molar-refractivity contribution < 1.29 is 4.79 Å². The minimum atomic E-state index is -0.111. The number of hydrogen-bond acceptors (Lipinski definition) is 2. The number of carbonyl (C=O) groups excluding carboxylic acids is 1. The maximum Gasteiger partial charge on any atom is 0.259 e. The zero-order valence-corrected chi connectivity index (χ0v) is 14.0. The summed E-state index contributed by atoms with van der Waals surface area (Å²) >= 11 is 6.32. The maximum absolute atomic E-state index is 13.0. The van der Waals surface area contributed by atoms with Crippen molar-refractivity contribution in [2.24, 2.45) is 0 Å². The molecule has 0 saturated carbocycles. The first kappa shape index (κ1) is 13.9. The van der Waals surface area contributed by atoms with Gasteiger partial charge in [-0.05, 0) is 30.2 Å². The van der Waals surface area contributed by atoms with Crippen LogP contribution in [-0.4, -0.2) is 29.4 Å². The van der Waals surface area contributed by atoms with Crippen LogP contribution in [0, 0.1) is 0 Å². The third-order valence-corrected chi connectivity index (χ3v) is 5.53. The molecule has 2 aliphatic heterocycles. The minimum Gasteiger partial charge on any atom is -0.355 e. The number of nitrogens with zero attached hydrogens (tertiary/aromatic N) is 2.